The fourth-order valence-corrected chi connectivity index (χ4v) is 3.07. The zero-order valence-electron chi connectivity index (χ0n) is 7.74. The smallest absolute Gasteiger partial charge is 0.0140 e. The highest BCUT2D eigenvalue weighted by Gasteiger charge is 2.39. The summed E-state index contributed by atoms with van der Waals surface area (Å²) in [5.74, 6) is 1.43. The van der Waals surface area contributed by atoms with Crippen molar-refractivity contribution in [3.8, 4) is 0 Å². The molecule has 0 spiro atoms. The molecule has 0 saturated heterocycles. The summed E-state index contributed by atoms with van der Waals surface area (Å²) < 4.78 is 0. The Labute approximate surface area is 78.9 Å². The molecule has 0 aliphatic heterocycles. The minimum absolute atomic E-state index is 0.440. The number of hydrogen-bond donors (Lipinski definition) is 1. The van der Waals surface area contributed by atoms with Crippen molar-refractivity contribution in [2.75, 3.05) is 0 Å². The maximum Gasteiger partial charge on any atom is 0.0140 e. The fraction of sp³-hybridized carbons (Fsp3) is 0.500. The number of fused-ring (bicyclic) bond motifs is 4. The van der Waals surface area contributed by atoms with E-state index in [-0.39, 0.29) is 0 Å². The minimum atomic E-state index is 0.440. The minimum Gasteiger partial charge on any atom is -0.327 e. The van der Waals surface area contributed by atoms with Gasteiger partial charge in [-0.1, -0.05) is 24.3 Å². The van der Waals surface area contributed by atoms with Crippen LogP contribution < -0.4 is 5.73 Å². The van der Waals surface area contributed by atoms with Gasteiger partial charge in [0.25, 0.3) is 0 Å². The van der Waals surface area contributed by atoms with Crippen LogP contribution in [0.3, 0.4) is 0 Å². The summed E-state index contributed by atoms with van der Waals surface area (Å²) in [6.07, 6.45) is 3.86. The number of hydrogen-bond acceptors (Lipinski definition) is 1. The van der Waals surface area contributed by atoms with Gasteiger partial charge in [0.1, 0.15) is 0 Å². The molecule has 2 aliphatic carbocycles. The van der Waals surface area contributed by atoms with E-state index in [1.165, 1.54) is 24.8 Å². The Morgan fingerprint density at radius 3 is 2.92 bits per heavy atom. The predicted octanol–water partition coefficient (Wildman–Crippen LogP) is 2.06. The molecule has 0 aromatic heterocycles. The van der Waals surface area contributed by atoms with Crippen molar-refractivity contribution >= 4 is 0 Å². The van der Waals surface area contributed by atoms with Crippen LogP contribution in [0.25, 0.3) is 0 Å². The second kappa shape index (κ2) is 2.58. The van der Waals surface area contributed by atoms with Gasteiger partial charge in [-0.05, 0) is 42.2 Å². The van der Waals surface area contributed by atoms with E-state index in [2.05, 4.69) is 24.3 Å². The molecule has 2 aliphatic rings. The van der Waals surface area contributed by atoms with Crippen LogP contribution in [-0.2, 0) is 6.42 Å². The van der Waals surface area contributed by atoms with Gasteiger partial charge in [-0.15, -0.1) is 0 Å². The summed E-state index contributed by atoms with van der Waals surface area (Å²) >= 11 is 0. The zero-order chi connectivity index (χ0) is 8.84. The van der Waals surface area contributed by atoms with E-state index in [1.807, 2.05) is 0 Å². The van der Waals surface area contributed by atoms with Gasteiger partial charge in [-0.2, -0.15) is 0 Å². The van der Waals surface area contributed by atoms with E-state index in [0.29, 0.717) is 12.0 Å². The van der Waals surface area contributed by atoms with Crippen molar-refractivity contribution in [1.82, 2.24) is 0 Å². The lowest BCUT2D eigenvalue weighted by molar-refractivity contribution is 0.434. The van der Waals surface area contributed by atoms with Gasteiger partial charge in [0.2, 0.25) is 0 Å². The van der Waals surface area contributed by atoms with Crippen LogP contribution in [-0.4, -0.2) is 6.04 Å². The standard InChI is InChI=1S/C12H15N/c13-12-9-5-6-11(12)10-4-2-1-3-8(10)7-9/h1-4,9,11-12H,5-7,13H2/t9?,11?,12-/m1/s1. The Kier molecular flexibility index (Phi) is 1.50. The maximum absolute atomic E-state index is 6.20. The molecule has 3 rings (SSSR count). The van der Waals surface area contributed by atoms with E-state index in [0.717, 1.165) is 5.92 Å². The molecule has 0 heterocycles. The molecule has 2 unspecified atom stereocenters. The monoisotopic (exact) mass is 173 g/mol. The van der Waals surface area contributed by atoms with Crippen LogP contribution in [0.1, 0.15) is 29.9 Å². The normalized spacial score (nSPS) is 35.9. The van der Waals surface area contributed by atoms with Gasteiger partial charge in [0.15, 0.2) is 0 Å². The van der Waals surface area contributed by atoms with Gasteiger partial charge in [-0.25, -0.2) is 0 Å². The average molecular weight is 173 g/mol. The molecular weight excluding hydrogens is 158 g/mol. The van der Waals surface area contributed by atoms with Gasteiger partial charge in [0, 0.05) is 6.04 Å². The quantitative estimate of drug-likeness (QED) is 0.638. The molecule has 1 saturated carbocycles. The number of benzene rings is 1. The van der Waals surface area contributed by atoms with Crippen molar-refractivity contribution in [3.63, 3.8) is 0 Å². The topological polar surface area (TPSA) is 26.0 Å². The van der Waals surface area contributed by atoms with Gasteiger partial charge < -0.3 is 5.73 Å². The SMILES string of the molecule is N[C@@H]1C2CCC1c1ccccc1C2. The first-order valence-corrected chi connectivity index (χ1v) is 5.19. The Bertz CT molecular complexity index is 332. The van der Waals surface area contributed by atoms with Crippen LogP contribution in [0.15, 0.2) is 24.3 Å². The van der Waals surface area contributed by atoms with E-state index >= 15 is 0 Å². The van der Waals surface area contributed by atoms with Gasteiger partial charge >= 0.3 is 0 Å². The van der Waals surface area contributed by atoms with E-state index in [4.69, 9.17) is 5.73 Å². The van der Waals surface area contributed by atoms with E-state index in [9.17, 15) is 0 Å². The molecule has 1 heteroatoms. The Hall–Kier alpha value is -0.820. The third-order valence-corrected chi connectivity index (χ3v) is 3.79. The summed E-state index contributed by atoms with van der Waals surface area (Å²) in [6, 6.07) is 9.27. The Morgan fingerprint density at radius 2 is 2.00 bits per heavy atom. The predicted molar refractivity (Wildman–Crippen MR) is 53.6 cm³/mol. The molecule has 2 N–H and O–H groups in total. The molecule has 13 heavy (non-hydrogen) atoms. The third-order valence-electron chi connectivity index (χ3n) is 3.79. The lowest BCUT2D eigenvalue weighted by atomic mass is 9.80. The van der Waals surface area contributed by atoms with Crippen molar-refractivity contribution < 1.29 is 0 Å². The lowest BCUT2D eigenvalue weighted by Gasteiger charge is -2.29. The largest absolute Gasteiger partial charge is 0.327 e. The molecule has 2 bridgehead atoms. The molecule has 0 amide bonds. The summed E-state index contributed by atoms with van der Waals surface area (Å²) in [4.78, 5) is 0. The first kappa shape index (κ1) is 7.57. The Morgan fingerprint density at radius 1 is 1.15 bits per heavy atom. The van der Waals surface area contributed by atoms with Crippen molar-refractivity contribution in [3.05, 3.63) is 35.4 Å². The summed E-state index contributed by atoms with van der Waals surface area (Å²) in [5, 5.41) is 0. The first-order valence-electron chi connectivity index (χ1n) is 5.19. The van der Waals surface area contributed by atoms with Crippen LogP contribution in [0.5, 0.6) is 0 Å². The average Bonchev–Trinajstić information content (AvgIpc) is 2.43. The number of nitrogens with two attached hydrogens (primary N) is 1. The molecule has 1 aromatic rings. The third kappa shape index (κ3) is 0.969. The highest BCUT2D eigenvalue weighted by molar-refractivity contribution is 5.36. The fourth-order valence-electron chi connectivity index (χ4n) is 3.07. The molecular formula is C12H15N. The molecule has 0 radical (unpaired) electrons. The van der Waals surface area contributed by atoms with Crippen LogP contribution in [0, 0.1) is 5.92 Å². The summed E-state index contributed by atoms with van der Waals surface area (Å²) in [6.45, 7) is 0. The summed E-state index contributed by atoms with van der Waals surface area (Å²) in [7, 11) is 0. The molecule has 1 fully saturated rings. The first-order chi connectivity index (χ1) is 6.36. The van der Waals surface area contributed by atoms with E-state index < -0.39 is 0 Å². The van der Waals surface area contributed by atoms with Crippen LogP contribution >= 0.6 is 0 Å². The van der Waals surface area contributed by atoms with Gasteiger partial charge in [0.05, 0.1) is 0 Å². The molecule has 3 atom stereocenters. The highest BCUT2D eigenvalue weighted by Crippen LogP contribution is 2.44. The van der Waals surface area contributed by atoms with Crippen molar-refractivity contribution in [1.29, 1.82) is 0 Å². The van der Waals surface area contributed by atoms with Crippen LogP contribution in [0.4, 0.5) is 0 Å². The van der Waals surface area contributed by atoms with Crippen molar-refractivity contribution in [2.24, 2.45) is 11.7 Å². The molecule has 68 valence electrons. The second-order valence-corrected chi connectivity index (χ2v) is 4.42. The van der Waals surface area contributed by atoms with E-state index in [1.54, 1.807) is 5.56 Å². The maximum atomic E-state index is 6.20. The Balaban J connectivity index is 2.12. The highest BCUT2D eigenvalue weighted by atomic mass is 14.7. The number of rotatable bonds is 0. The zero-order valence-corrected chi connectivity index (χ0v) is 7.74. The van der Waals surface area contributed by atoms with Crippen LogP contribution in [0.2, 0.25) is 0 Å². The molecule has 1 nitrogen and oxygen atoms in total. The lowest BCUT2D eigenvalue weighted by Crippen LogP contribution is -2.35. The molecule has 1 aromatic carbocycles. The van der Waals surface area contributed by atoms with Crippen molar-refractivity contribution in [2.45, 2.75) is 31.2 Å². The van der Waals surface area contributed by atoms with Gasteiger partial charge in [-0.3, -0.25) is 0 Å². The second-order valence-electron chi connectivity index (χ2n) is 4.42. The summed E-state index contributed by atoms with van der Waals surface area (Å²) in [5.41, 5.74) is 9.28.